The van der Waals surface area contributed by atoms with Gasteiger partial charge >= 0.3 is 0 Å². The molecular formula is C19H16N4O. The fourth-order valence-electron chi connectivity index (χ4n) is 2.89. The number of amidine groups is 1. The number of aromatic nitrogens is 1. The van der Waals surface area contributed by atoms with Gasteiger partial charge in [0, 0.05) is 18.7 Å². The Morgan fingerprint density at radius 3 is 2.62 bits per heavy atom. The lowest BCUT2D eigenvalue weighted by Crippen LogP contribution is -2.48. The quantitative estimate of drug-likeness (QED) is 0.788. The van der Waals surface area contributed by atoms with Gasteiger partial charge in [-0.25, -0.2) is 10.0 Å². The Labute approximate surface area is 139 Å². The maximum absolute atomic E-state index is 12.2. The van der Waals surface area contributed by atoms with Crippen LogP contribution in [-0.4, -0.2) is 16.7 Å². The van der Waals surface area contributed by atoms with Gasteiger partial charge in [0.05, 0.1) is 11.7 Å². The average Bonchev–Trinajstić information content (AvgIpc) is 2.61. The van der Waals surface area contributed by atoms with Crippen LogP contribution in [0.25, 0.3) is 10.9 Å². The maximum atomic E-state index is 12.2. The molecule has 0 saturated heterocycles. The summed E-state index contributed by atoms with van der Waals surface area (Å²) in [4.78, 5) is 21.3. The third-order valence-electron chi connectivity index (χ3n) is 3.98. The summed E-state index contributed by atoms with van der Waals surface area (Å²) in [5.41, 5.74) is 6.58. The molecule has 1 amide bonds. The fraction of sp³-hybridized carbons (Fsp3) is 0.105. The second-order valence-electron chi connectivity index (χ2n) is 5.70. The summed E-state index contributed by atoms with van der Waals surface area (Å²) in [6, 6.07) is 17.8. The summed E-state index contributed by atoms with van der Waals surface area (Å²) in [7, 11) is 0. The number of rotatable bonds is 2. The molecular weight excluding hydrogens is 300 g/mol. The molecule has 1 aliphatic rings. The van der Waals surface area contributed by atoms with E-state index in [-0.39, 0.29) is 5.91 Å². The molecule has 118 valence electrons. The van der Waals surface area contributed by atoms with E-state index in [0.717, 1.165) is 28.0 Å². The van der Waals surface area contributed by atoms with Crippen LogP contribution >= 0.6 is 0 Å². The second-order valence-corrected chi connectivity index (χ2v) is 5.70. The van der Waals surface area contributed by atoms with E-state index in [9.17, 15) is 4.79 Å². The van der Waals surface area contributed by atoms with Gasteiger partial charge in [-0.1, -0.05) is 48.5 Å². The van der Waals surface area contributed by atoms with Crippen LogP contribution in [-0.2, 0) is 11.2 Å². The minimum absolute atomic E-state index is 0.0898. The summed E-state index contributed by atoms with van der Waals surface area (Å²) in [5, 5.41) is 2.46. The molecule has 1 aliphatic heterocycles. The summed E-state index contributed by atoms with van der Waals surface area (Å²) >= 11 is 0. The second kappa shape index (κ2) is 5.77. The maximum Gasteiger partial charge on any atom is 0.242 e. The number of pyridine rings is 1. The molecule has 1 aromatic heterocycles. The molecule has 0 saturated carbocycles. The van der Waals surface area contributed by atoms with Gasteiger partial charge in [0.1, 0.15) is 17.2 Å². The van der Waals surface area contributed by atoms with Crippen molar-refractivity contribution in [1.29, 1.82) is 0 Å². The number of carbonyl (C=O) groups is 1. The molecule has 0 radical (unpaired) electrons. The first-order valence-electron chi connectivity index (χ1n) is 7.79. The highest BCUT2D eigenvalue weighted by molar-refractivity contribution is 6.10. The molecule has 2 aromatic carbocycles. The Hall–Kier alpha value is -3.21. The first-order chi connectivity index (χ1) is 11.7. The Morgan fingerprint density at radius 2 is 1.83 bits per heavy atom. The van der Waals surface area contributed by atoms with Gasteiger partial charge in [-0.2, -0.15) is 0 Å². The lowest BCUT2D eigenvalue weighted by Gasteiger charge is -2.30. The molecule has 0 atom stereocenters. The summed E-state index contributed by atoms with van der Waals surface area (Å²) in [6.45, 7) is 1.54. The third-order valence-corrected chi connectivity index (χ3v) is 3.98. The predicted molar refractivity (Wildman–Crippen MR) is 95.3 cm³/mol. The van der Waals surface area contributed by atoms with Gasteiger partial charge in [0.15, 0.2) is 0 Å². The van der Waals surface area contributed by atoms with Crippen LogP contribution in [0.5, 0.6) is 0 Å². The predicted octanol–water partition coefficient (Wildman–Crippen LogP) is 3.38. The zero-order valence-electron chi connectivity index (χ0n) is 13.2. The van der Waals surface area contributed by atoms with Crippen molar-refractivity contribution < 1.29 is 4.79 Å². The van der Waals surface area contributed by atoms with Gasteiger partial charge in [0.25, 0.3) is 0 Å². The van der Waals surface area contributed by atoms with Crippen LogP contribution in [0.3, 0.4) is 0 Å². The SMILES string of the molecule is CC(=O)N1NC(Cc2ccccc2)=Nc2cnc3ccccc3c21. The molecule has 0 aliphatic carbocycles. The highest BCUT2D eigenvalue weighted by Crippen LogP contribution is 2.36. The number of carbonyl (C=O) groups excluding carboxylic acids is 1. The Balaban J connectivity index is 1.83. The van der Waals surface area contributed by atoms with E-state index in [4.69, 9.17) is 0 Å². The van der Waals surface area contributed by atoms with Crippen molar-refractivity contribution in [3.8, 4) is 0 Å². The fourth-order valence-corrected chi connectivity index (χ4v) is 2.89. The molecule has 2 heterocycles. The highest BCUT2D eigenvalue weighted by Gasteiger charge is 2.24. The molecule has 24 heavy (non-hydrogen) atoms. The minimum atomic E-state index is -0.0898. The molecule has 0 bridgehead atoms. The number of amides is 1. The number of hydrogen-bond acceptors (Lipinski definition) is 4. The normalized spacial score (nSPS) is 13.2. The van der Waals surface area contributed by atoms with Crippen molar-refractivity contribution >= 4 is 34.0 Å². The third kappa shape index (κ3) is 2.50. The van der Waals surface area contributed by atoms with Crippen molar-refractivity contribution in [2.45, 2.75) is 13.3 Å². The van der Waals surface area contributed by atoms with Crippen LogP contribution in [0.4, 0.5) is 11.4 Å². The van der Waals surface area contributed by atoms with Crippen LogP contribution in [0, 0.1) is 0 Å². The largest absolute Gasteiger partial charge is 0.278 e. The smallest absolute Gasteiger partial charge is 0.242 e. The molecule has 3 aromatic rings. The van der Waals surface area contributed by atoms with Crippen LogP contribution in [0.15, 0.2) is 65.8 Å². The molecule has 5 nitrogen and oxygen atoms in total. The number of nitrogens with zero attached hydrogens (tertiary/aromatic N) is 3. The van der Waals surface area contributed by atoms with E-state index in [0.29, 0.717) is 12.1 Å². The Morgan fingerprint density at radius 1 is 1.08 bits per heavy atom. The van der Waals surface area contributed by atoms with Crippen molar-refractivity contribution in [2.24, 2.45) is 4.99 Å². The molecule has 0 fully saturated rings. The summed E-state index contributed by atoms with van der Waals surface area (Å²) in [6.07, 6.45) is 2.34. The Kier molecular flexibility index (Phi) is 3.46. The topological polar surface area (TPSA) is 57.6 Å². The molecule has 4 rings (SSSR count). The van der Waals surface area contributed by atoms with E-state index >= 15 is 0 Å². The standard InChI is InChI=1S/C19H16N4O/c1-13(24)23-19-15-9-5-6-10-16(15)20-12-17(19)21-18(22-23)11-14-7-3-2-4-8-14/h2-10,12H,11H2,1H3,(H,21,22). The molecule has 1 N–H and O–H groups in total. The Bertz CT molecular complexity index is 950. The van der Waals surface area contributed by atoms with Gasteiger partial charge in [-0.3, -0.25) is 15.2 Å². The number of hydrogen-bond donors (Lipinski definition) is 1. The number of benzene rings is 2. The number of fused-ring (bicyclic) bond motifs is 3. The lowest BCUT2D eigenvalue weighted by molar-refractivity contribution is -0.117. The zero-order chi connectivity index (χ0) is 16.5. The minimum Gasteiger partial charge on any atom is -0.278 e. The van der Waals surface area contributed by atoms with Gasteiger partial charge < -0.3 is 0 Å². The summed E-state index contributed by atoms with van der Waals surface area (Å²) in [5.74, 6) is 0.633. The number of anilines is 1. The number of aliphatic imine (C=N–C) groups is 1. The van der Waals surface area contributed by atoms with E-state index in [2.05, 4.69) is 15.4 Å². The monoisotopic (exact) mass is 316 g/mol. The van der Waals surface area contributed by atoms with E-state index in [1.807, 2.05) is 54.6 Å². The first kappa shape index (κ1) is 14.4. The first-order valence-corrected chi connectivity index (χ1v) is 7.79. The number of para-hydroxylation sites is 1. The lowest BCUT2D eigenvalue weighted by atomic mass is 10.1. The highest BCUT2D eigenvalue weighted by atomic mass is 16.2. The van der Waals surface area contributed by atoms with Crippen molar-refractivity contribution in [3.63, 3.8) is 0 Å². The van der Waals surface area contributed by atoms with Crippen LogP contribution in [0.2, 0.25) is 0 Å². The average molecular weight is 316 g/mol. The van der Waals surface area contributed by atoms with Crippen LogP contribution < -0.4 is 10.4 Å². The number of nitrogens with one attached hydrogen (secondary N) is 1. The number of hydrazine groups is 1. The van der Waals surface area contributed by atoms with Crippen molar-refractivity contribution in [3.05, 3.63) is 66.4 Å². The molecule has 0 spiro atoms. The van der Waals surface area contributed by atoms with E-state index in [1.54, 1.807) is 11.2 Å². The van der Waals surface area contributed by atoms with Crippen molar-refractivity contribution in [1.82, 2.24) is 10.4 Å². The van der Waals surface area contributed by atoms with Gasteiger partial charge in [0.2, 0.25) is 5.91 Å². The molecule has 5 heteroatoms. The van der Waals surface area contributed by atoms with E-state index < -0.39 is 0 Å². The summed E-state index contributed by atoms with van der Waals surface area (Å²) < 4.78 is 0. The van der Waals surface area contributed by atoms with Gasteiger partial charge in [-0.15, -0.1) is 0 Å². The molecule has 0 unspecified atom stereocenters. The zero-order valence-corrected chi connectivity index (χ0v) is 13.2. The van der Waals surface area contributed by atoms with Crippen LogP contribution in [0.1, 0.15) is 12.5 Å². The van der Waals surface area contributed by atoms with E-state index in [1.165, 1.54) is 6.92 Å². The van der Waals surface area contributed by atoms with Gasteiger partial charge in [-0.05, 0) is 11.6 Å². The van der Waals surface area contributed by atoms with Crippen molar-refractivity contribution in [2.75, 3.05) is 5.01 Å².